The minimum absolute atomic E-state index is 0.0125. The van der Waals surface area contributed by atoms with Crippen molar-refractivity contribution in [1.29, 1.82) is 0 Å². The number of hydrogen-bond donors (Lipinski definition) is 1. The van der Waals surface area contributed by atoms with Crippen LogP contribution < -0.4 is 9.64 Å². The van der Waals surface area contributed by atoms with Crippen molar-refractivity contribution < 1.29 is 24.2 Å². The molecule has 2 fully saturated rings. The number of nitrogens with zero attached hydrogens (tertiary/aromatic N) is 3. The summed E-state index contributed by atoms with van der Waals surface area (Å²) in [7, 11) is 0. The number of hydrogen-bond acceptors (Lipinski definition) is 6. The number of unbranched alkanes of at least 4 members (excludes halogenated alkanes) is 4. The first-order chi connectivity index (χ1) is 20.3. The number of carbonyl (C=O) groups excluding carboxylic acids is 3. The lowest BCUT2D eigenvalue weighted by atomic mass is 9.74. The van der Waals surface area contributed by atoms with Gasteiger partial charge in [0.1, 0.15) is 11.8 Å². The minimum atomic E-state index is -0.827. The highest BCUT2D eigenvalue weighted by atomic mass is 32.2. The van der Waals surface area contributed by atoms with Gasteiger partial charge in [-0.25, -0.2) is 0 Å². The number of likely N-dealkylation sites (tertiary alicyclic amines) is 1. The average molecular weight is 596 g/mol. The summed E-state index contributed by atoms with van der Waals surface area (Å²) in [4.78, 5) is 48.8. The molecule has 4 aliphatic rings. The third-order valence-corrected chi connectivity index (χ3v) is 11.0. The number of aliphatic hydroxyl groups is 1. The Morgan fingerprint density at radius 1 is 0.881 bits per heavy atom. The van der Waals surface area contributed by atoms with Gasteiger partial charge in [-0.2, -0.15) is 0 Å². The number of anilines is 1. The van der Waals surface area contributed by atoms with Crippen molar-refractivity contribution in [1.82, 2.24) is 9.80 Å². The number of rotatable bonds is 12. The van der Waals surface area contributed by atoms with Gasteiger partial charge in [-0.3, -0.25) is 14.4 Å². The van der Waals surface area contributed by atoms with Gasteiger partial charge in [-0.1, -0.05) is 44.1 Å². The first-order valence-corrected chi connectivity index (χ1v) is 16.4. The van der Waals surface area contributed by atoms with Crippen LogP contribution in [0.4, 0.5) is 5.69 Å². The van der Waals surface area contributed by atoms with Crippen molar-refractivity contribution in [3.63, 3.8) is 0 Å². The van der Waals surface area contributed by atoms with Crippen molar-refractivity contribution >= 4 is 35.2 Å². The van der Waals surface area contributed by atoms with Crippen molar-refractivity contribution in [2.75, 3.05) is 44.3 Å². The normalized spacial score (nSPS) is 30.3. The summed E-state index contributed by atoms with van der Waals surface area (Å²) in [6, 6.07) is 6.88. The van der Waals surface area contributed by atoms with Crippen LogP contribution in [-0.4, -0.2) is 87.6 Å². The van der Waals surface area contributed by atoms with Crippen LogP contribution in [0.2, 0.25) is 0 Å². The molecule has 8 nitrogen and oxygen atoms in total. The number of aliphatic hydroxyl groups excluding tert-OH is 1. The molecular formula is C33H45N3O5S. The van der Waals surface area contributed by atoms with Gasteiger partial charge in [0.2, 0.25) is 17.7 Å². The Kier molecular flexibility index (Phi) is 9.38. The highest BCUT2D eigenvalue weighted by molar-refractivity contribution is 8.02. The fraction of sp³-hybridized carbons (Fsp3) is 0.606. The molecule has 1 aromatic carbocycles. The summed E-state index contributed by atoms with van der Waals surface area (Å²) in [6.07, 6.45) is 13.5. The van der Waals surface area contributed by atoms with Crippen molar-refractivity contribution in [2.24, 2.45) is 11.8 Å². The number of amides is 3. The summed E-state index contributed by atoms with van der Waals surface area (Å²) >= 11 is 1.63. The maximum Gasteiger partial charge on any atom is 0.247 e. The molecule has 3 amide bonds. The molecule has 1 N–H and O–H groups in total. The molecule has 5 rings (SSSR count). The molecule has 0 aliphatic carbocycles. The van der Waals surface area contributed by atoms with Gasteiger partial charge in [0, 0.05) is 43.2 Å². The van der Waals surface area contributed by atoms with Crippen molar-refractivity contribution in [3.8, 4) is 5.75 Å². The molecule has 228 valence electrons. The van der Waals surface area contributed by atoms with Crippen molar-refractivity contribution in [3.05, 3.63) is 48.6 Å². The molecule has 2 saturated heterocycles. The highest BCUT2D eigenvalue weighted by Gasteiger charge is 2.73. The fourth-order valence-electron chi connectivity index (χ4n) is 7.25. The number of benzene rings is 1. The van der Waals surface area contributed by atoms with E-state index in [9.17, 15) is 19.5 Å². The van der Waals surface area contributed by atoms with E-state index in [0.717, 1.165) is 37.1 Å². The van der Waals surface area contributed by atoms with E-state index in [0.29, 0.717) is 45.6 Å². The second-order valence-electron chi connectivity index (χ2n) is 12.0. The molecule has 0 aromatic heterocycles. The molecule has 9 heteroatoms. The Balaban J connectivity index is 1.52. The van der Waals surface area contributed by atoms with E-state index >= 15 is 0 Å². The Hall–Kier alpha value is -2.78. The zero-order chi connectivity index (χ0) is 29.9. The molecular weight excluding hydrogens is 550 g/mol. The molecule has 4 heterocycles. The molecule has 5 atom stereocenters. The van der Waals surface area contributed by atoms with Gasteiger partial charge in [-0.15, -0.1) is 11.8 Å². The smallest absolute Gasteiger partial charge is 0.247 e. The molecule has 4 aliphatic heterocycles. The topological polar surface area (TPSA) is 90.4 Å². The highest BCUT2D eigenvalue weighted by Crippen LogP contribution is 2.65. The Bertz CT molecular complexity index is 1220. The van der Waals surface area contributed by atoms with Crippen LogP contribution in [0.25, 0.3) is 0 Å². The molecule has 42 heavy (non-hydrogen) atoms. The first kappa shape index (κ1) is 30.7. The zero-order valence-electron chi connectivity index (χ0n) is 25.2. The molecule has 1 aromatic rings. The fourth-order valence-corrected chi connectivity index (χ4v) is 9.41. The second-order valence-corrected chi connectivity index (χ2v) is 13.8. The number of carbonyl (C=O) groups is 3. The van der Waals surface area contributed by atoms with Gasteiger partial charge in [0.25, 0.3) is 0 Å². The third-order valence-electron chi connectivity index (χ3n) is 9.19. The minimum Gasteiger partial charge on any atom is -0.494 e. The first-order valence-electron chi connectivity index (χ1n) is 15.6. The van der Waals surface area contributed by atoms with Crippen LogP contribution in [0.15, 0.2) is 48.6 Å². The van der Waals surface area contributed by atoms with E-state index in [4.69, 9.17) is 4.74 Å². The number of thioether (sulfide) groups is 1. The molecule has 1 unspecified atom stereocenters. The monoisotopic (exact) mass is 595 g/mol. The van der Waals surface area contributed by atoms with Gasteiger partial charge in [0.05, 0.1) is 23.2 Å². The standard InChI is InChI=1S/C33H45N3O5S/c1-4-6-8-19-34-20-12-18-33-27(30(39)36(28(33)31(34)40)21-9-7-10-23-37)26-29(38)35(22-11-17-32(26,3)42-33)24-13-15-25(16-14-24)41-5-2/h11-18,26-28,37H,4-10,19-23H2,1-3H3/t26-,27-,28?,32+,33-/m0/s1. The van der Waals surface area contributed by atoms with Gasteiger partial charge < -0.3 is 24.5 Å². The van der Waals surface area contributed by atoms with E-state index in [-0.39, 0.29) is 24.3 Å². The lowest BCUT2D eigenvalue weighted by molar-refractivity contribution is -0.142. The van der Waals surface area contributed by atoms with Crippen LogP contribution in [0.1, 0.15) is 59.3 Å². The molecule has 0 bridgehead atoms. The number of fused-ring (bicyclic) bond motifs is 2. The third kappa shape index (κ3) is 5.39. The van der Waals surface area contributed by atoms with Crippen LogP contribution >= 0.6 is 11.8 Å². The van der Waals surface area contributed by atoms with E-state index in [1.807, 2.05) is 42.2 Å². The van der Waals surface area contributed by atoms with E-state index in [1.165, 1.54) is 0 Å². The van der Waals surface area contributed by atoms with Crippen LogP contribution in [0.5, 0.6) is 5.75 Å². The predicted molar refractivity (Wildman–Crippen MR) is 166 cm³/mol. The van der Waals surface area contributed by atoms with Crippen molar-refractivity contribution in [2.45, 2.75) is 74.8 Å². The van der Waals surface area contributed by atoms with Gasteiger partial charge in [-0.05, 0) is 63.8 Å². The lowest BCUT2D eigenvalue weighted by Crippen LogP contribution is -2.53. The maximum atomic E-state index is 14.5. The summed E-state index contributed by atoms with van der Waals surface area (Å²) in [5.41, 5.74) is 0.765. The number of ether oxygens (including phenoxy) is 1. The largest absolute Gasteiger partial charge is 0.494 e. The summed E-state index contributed by atoms with van der Waals surface area (Å²) < 4.78 is 4.14. The van der Waals surface area contributed by atoms with E-state index in [1.54, 1.807) is 21.6 Å². The Morgan fingerprint density at radius 3 is 2.33 bits per heavy atom. The SMILES string of the molecule is CCCCCN1CC=C[C@]23S[C@]4(C)C=CCN(c5ccc(OCC)cc5)C(=O)[C@@H]4[C@H]2C(=O)N(CCCCCO)C3C1=O. The van der Waals surface area contributed by atoms with Crippen LogP contribution in [0, 0.1) is 11.8 Å². The predicted octanol–water partition coefficient (Wildman–Crippen LogP) is 4.43. The zero-order valence-corrected chi connectivity index (χ0v) is 26.0. The van der Waals surface area contributed by atoms with E-state index in [2.05, 4.69) is 32.1 Å². The Morgan fingerprint density at radius 2 is 1.62 bits per heavy atom. The molecule has 0 radical (unpaired) electrons. The Labute approximate surface area is 254 Å². The van der Waals surface area contributed by atoms with E-state index < -0.39 is 27.4 Å². The summed E-state index contributed by atoms with van der Waals surface area (Å²) in [6.45, 7) is 8.86. The van der Waals surface area contributed by atoms with Crippen LogP contribution in [-0.2, 0) is 14.4 Å². The second kappa shape index (κ2) is 12.8. The lowest BCUT2D eigenvalue weighted by Gasteiger charge is -2.37. The summed E-state index contributed by atoms with van der Waals surface area (Å²) in [5.74, 6) is -0.716. The van der Waals surface area contributed by atoms with Crippen LogP contribution in [0.3, 0.4) is 0 Å². The maximum absolute atomic E-state index is 14.5. The molecule has 0 saturated carbocycles. The quantitative estimate of drug-likeness (QED) is 0.284. The molecule has 1 spiro atoms. The van der Waals surface area contributed by atoms with Gasteiger partial charge >= 0.3 is 0 Å². The van der Waals surface area contributed by atoms with Gasteiger partial charge in [0.15, 0.2) is 0 Å². The summed E-state index contributed by atoms with van der Waals surface area (Å²) in [5, 5.41) is 9.31. The average Bonchev–Trinajstić information content (AvgIpc) is 3.24.